The van der Waals surface area contributed by atoms with E-state index in [2.05, 4.69) is 0 Å². The Hall–Kier alpha value is -1.88. The SMILES string of the molecule is CCOC(=O)CC[C@H]1Cc2ccccc2[C@@H](C(=O)OCC)O1. The van der Waals surface area contributed by atoms with Crippen LogP contribution in [0, 0.1) is 0 Å². The highest BCUT2D eigenvalue weighted by Crippen LogP contribution is 2.32. The van der Waals surface area contributed by atoms with E-state index in [1.54, 1.807) is 13.8 Å². The van der Waals surface area contributed by atoms with Crippen LogP contribution in [0.25, 0.3) is 0 Å². The first-order chi connectivity index (χ1) is 10.7. The first-order valence-corrected chi connectivity index (χ1v) is 7.71. The minimum atomic E-state index is -0.711. The molecule has 5 nitrogen and oxygen atoms in total. The van der Waals surface area contributed by atoms with Crippen molar-refractivity contribution in [2.45, 2.75) is 45.3 Å². The molecule has 0 fully saturated rings. The number of fused-ring (bicyclic) bond motifs is 1. The molecular weight excluding hydrogens is 284 g/mol. The molecule has 0 N–H and O–H groups in total. The Bertz CT molecular complexity index is 526. The summed E-state index contributed by atoms with van der Waals surface area (Å²) in [5, 5.41) is 0. The van der Waals surface area contributed by atoms with Crippen LogP contribution < -0.4 is 0 Å². The predicted octanol–water partition coefficient (Wildman–Crippen LogP) is 2.58. The molecule has 0 radical (unpaired) electrons. The Kier molecular flexibility index (Phi) is 5.95. The fraction of sp³-hybridized carbons (Fsp3) is 0.529. The summed E-state index contributed by atoms with van der Waals surface area (Å²) in [6.07, 6.45) is 0.607. The van der Waals surface area contributed by atoms with Gasteiger partial charge in [0.15, 0.2) is 6.10 Å². The normalized spacial score (nSPS) is 20.1. The van der Waals surface area contributed by atoms with Crippen molar-refractivity contribution in [3.8, 4) is 0 Å². The standard InChI is InChI=1S/C17H22O5/c1-3-20-15(18)10-9-13-11-12-7-5-6-8-14(12)16(22-13)17(19)21-4-2/h5-8,13,16H,3-4,9-11H2,1-2H3/t13-,16-/m0/s1. The van der Waals surface area contributed by atoms with Crippen molar-refractivity contribution < 1.29 is 23.8 Å². The average molecular weight is 306 g/mol. The van der Waals surface area contributed by atoms with Gasteiger partial charge in [-0.25, -0.2) is 4.79 Å². The molecule has 1 aliphatic rings. The quantitative estimate of drug-likeness (QED) is 0.756. The van der Waals surface area contributed by atoms with E-state index in [1.807, 2.05) is 24.3 Å². The summed E-state index contributed by atoms with van der Waals surface area (Å²) in [6, 6.07) is 7.70. The second-order valence-corrected chi connectivity index (χ2v) is 5.14. The fourth-order valence-corrected chi connectivity index (χ4v) is 2.62. The largest absolute Gasteiger partial charge is 0.466 e. The molecule has 1 aromatic rings. The molecule has 0 amide bonds. The van der Waals surface area contributed by atoms with Crippen molar-refractivity contribution in [3.63, 3.8) is 0 Å². The van der Waals surface area contributed by atoms with Gasteiger partial charge >= 0.3 is 11.9 Å². The molecule has 1 aliphatic heterocycles. The van der Waals surface area contributed by atoms with Gasteiger partial charge in [-0.3, -0.25) is 4.79 Å². The second kappa shape index (κ2) is 7.94. The Balaban J connectivity index is 2.07. The first kappa shape index (κ1) is 16.5. The van der Waals surface area contributed by atoms with Gasteiger partial charge in [0.1, 0.15) is 0 Å². The zero-order valence-corrected chi connectivity index (χ0v) is 13.0. The van der Waals surface area contributed by atoms with E-state index in [0.717, 1.165) is 11.1 Å². The average Bonchev–Trinajstić information content (AvgIpc) is 2.52. The van der Waals surface area contributed by atoms with E-state index >= 15 is 0 Å². The molecule has 22 heavy (non-hydrogen) atoms. The second-order valence-electron chi connectivity index (χ2n) is 5.14. The number of hydrogen-bond acceptors (Lipinski definition) is 5. The topological polar surface area (TPSA) is 61.8 Å². The third-order valence-electron chi connectivity index (χ3n) is 3.59. The highest BCUT2D eigenvalue weighted by Gasteiger charge is 2.33. The van der Waals surface area contributed by atoms with Gasteiger partial charge in [0.2, 0.25) is 0 Å². The summed E-state index contributed by atoms with van der Waals surface area (Å²) >= 11 is 0. The molecule has 0 saturated heterocycles. The van der Waals surface area contributed by atoms with Crippen LogP contribution in [0.2, 0.25) is 0 Å². The molecule has 0 spiro atoms. The van der Waals surface area contributed by atoms with Crippen molar-refractivity contribution in [1.82, 2.24) is 0 Å². The van der Waals surface area contributed by atoms with Crippen LogP contribution in [-0.2, 0) is 30.2 Å². The maximum atomic E-state index is 12.1. The van der Waals surface area contributed by atoms with Gasteiger partial charge in [-0.2, -0.15) is 0 Å². The summed E-state index contributed by atoms with van der Waals surface area (Å²) in [5.41, 5.74) is 1.92. The van der Waals surface area contributed by atoms with Gasteiger partial charge in [0.25, 0.3) is 0 Å². The Labute approximate surface area is 130 Å². The van der Waals surface area contributed by atoms with E-state index in [4.69, 9.17) is 14.2 Å². The summed E-state index contributed by atoms with van der Waals surface area (Å²) in [7, 11) is 0. The lowest BCUT2D eigenvalue weighted by Crippen LogP contribution is -2.32. The summed E-state index contributed by atoms with van der Waals surface area (Å²) in [4.78, 5) is 23.6. The Morgan fingerprint density at radius 1 is 1.18 bits per heavy atom. The van der Waals surface area contributed by atoms with E-state index in [1.165, 1.54) is 0 Å². The van der Waals surface area contributed by atoms with Crippen molar-refractivity contribution in [1.29, 1.82) is 0 Å². The molecule has 120 valence electrons. The van der Waals surface area contributed by atoms with Crippen molar-refractivity contribution in [2.75, 3.05) is 13.2 Å². The third-order valence-corrected chi connectivity index (χ3v) is 3.59. The van der Waals surface area contributed by atoms with E-state index < -0.39 is 6.10 Å². The van der Waals surface area contributed by atoms with Crippen LogP contribution in [0.3, 0.4) is 0 Å². The highest BCUT2D eigenvalue weighted by molar-refractivity contribution is 5.77. The molecular formula is C17H22O5. The van der Waals surface area contributed by atoms with Gasteiger partial charge in [-0.05, 0) is 37.8 Å². The maximum Gasteiger partial charge on any atom is 0.339 e. The van der Waals surface area contributed by atoms with Crippen LogP contribution in [0.5, 0.6) is 0 Å². The third kappa shape index (κ3) is 4.07. The zero-order chi connectivity index (χ0) is 15.9. The smallest absolute Gasteiger partial charge is 0.339 e. The lowest BCUT2D eigenvalue weighted by molar-refractivity contribution is -0.163. The van der Waals surface area contributed by atoms with Crippen molar-refractivity contribution in [3.05, 3.63) is 35.4 Å². The van der Waals surface area contributed by atoms with E-state index in [0.29, 0.717) is 26.1 Å². The van der Waals surface area contributed by atoms with Crippen molar-refractivity contribution in [2.24, 2.45) is 0 Å². The number of hydrogen-bond donors (Lipinski definition) is 0. The highest BCUT2D eigenvalue weighted by atomic mass is 16.6. The Morgan fingerprint density at radius 3 is 2.64 bits per heavy atom. The number of rotatable bonds is 6. The molecule has 0 saturated carbocycles. The van der Waals surface area contributed by atoms with E-state index in [-0.39, 0.29) is 24.5 Å². The Morgan fingerprint density at radius 2 is 1.91 bits per heavy atom. The molecule has 0 aromatic heterocycles. The molecule has 5 heteroatoms. The minimum absolute atomic E-state index is 0.186. The molecule has 2 atom stereocenters. The van der Waals surface area contributed by atoms with Gasteiger partial charge in [-0.1, -0.05) is 24.3 Å². The van der Waals surface area contributed by atoms with Crippen LogP contribution >= 0.6 is 0 Å². The zero-order valence-electron chi connectivity index (χ0n) is 13.0. The molecule has 1 aromatic carbocycles. The van der Waals surface area contributed by atoms with Gasteiger partial charge in [0, 0.05) is 6.42 Å². The predicted molar refractivity (Wildman–Crippen MR) is 80.3 cm³/mol. The number of carbonyl (C=O) groups is 2. The molecule has 2 rings (SSSR count). The lowest BCUT2D eigenvalue weighted by atomic mass is 9.92. The number of esters is 2. The molecule has 0 aliphatic carbocycles. The molecule has 1 heterocycles. The van der Waals surface area contributed by atoms with Crippen LogP contribution in [0.15, 0.2) is 24.3 Å². The van der Waals surface area contributed by atoms with Crippen LogP contribution in [0.4, 0.5) is 0 Å². The summed E-state index contributed by atoms with van der Waals surface area (Å²) in [6.45, 7) is 4.24. The van der Waals surface area contributed by atoms with Gasteiger partial charge in [0.05, 0.1) is 19.3 Å². The monoisotopic (exact) mass is 306 g/mol. The van der Waals surface area contributed by atoms with Crippen LogP contribution in [0.1, 0.15) is 43.9 Å². The number of ether oxygens (including phenoxy) is 3. The number of benzene rings is 1. The summed E-state index contributed by atoms with van der Waals surface area (Å²) < 4.78 is 15.9. The maximum absolute atomic E-state index is 12.1. The summed E-state index contributed by atoms with van der Waals surface area (Å²) in [5.74, 6) is -0.617. The fourth-order valence-electron chi connectivity index (χ4n) is 2.62. The van der Waals surface area contributed by atoms with E-state index in [9.17, 15) is 9.59 Å². The first-order valence-electron chi connectivity index (χ1n) is 7.71. The van der Waals surface area contributed by atoms with Crippen LogP contribution in [-0.4, -0.2) is 31.3 Å². The minimum Gasteiger partial charge on any atom is -0.466 e. The number of carbonyl (C=O) groups excluding carboxylic acids is 2. The molecule has 0 bridgehead atoms. The van der Waals surface area contributed by atoms with Gasteiger partial charge < -0.3 is 14.2 Å². The van der Waals surface area contributed by atoms with Crippen molar-refractivity contribution >= 4 is 11.9 Å². The molecule has 0 unspecified atom stereocenters. The van der Waals surface area contributed by atoms with Gasteiger partial charge in [-0.15, -0.1) is 0 Å². The lowest BCUT2D eigenvalue weighted by Gasteiger charge is -2.30.